The predicted octanol–water partition coefficient (Wildman–Crippen LogP) is 4.83. The third kappa shape index (κ3) is 5.06. The Labute approximate surface area is 172 Å². The van der Waals surface area contributed by atoms with E-state index in [2.05, 4.69) is 20.6 Å². The Balaban J connectivity index is 1.58. The van der Waals surface area contributed by atoms with E-state index in [9.17, 15) is 4.79 Å². The number of halogens is 2. The molecule has 0 aliphatic heterocycles. The van der Waals surface area contributed by atoms with Crippen molar-refractivity contribution in [3.8, 4) is 0 Å². The number of urea groups is 1. The molecular formula is C20H17Cl2N5O. The Morgan fingerprint density at radius 2 is 1.86 bits per heavy atom. The number of carbonyl (C=O) groups excluding carboxylic acids is 1. The molecule has 3 rings (SSSR count). The van der Waals surface area contributed by atoms with E-state index in [4.69, 9.17) is 28.6 Å². The molecule has 3 aromatic rings. The predicted molar refractivity (Wildman–Crippen MR) is 111 cm³/mol. The van der Waals surface area contributed by atoms with Crippen molar-refractivity contribution in [2.24, 2.45) is 0 Å². The van der Waals surface area contributed by atoms with Gasteiger partial charge in [0.05, 0.1) is 15.8 Å². The van der Waals surface area contributed by atoms with Crippen molar-refractivity contribution in [1.82, 2.24) is 15.3 Å². The molecule has 0 saturated carbocycles. The number of carbonyl (C=O) groups is 1. The van der Waals surface area contributed by atoms with Crippen LogP contribution >= 0.6 is 23.2 Å². The first-order valence-electron chi connectivity index (χ1n) is 8.39. The van der Waals surface area contributed by atoms with Crippen LogP contribution in [0.2, 0.25) is 10.0 Å². The number of aryl methyl sites for hydroxylation is 1. The van der Waals surface area contributed by atoms with Crippen molar-refractivity contribution in [3.63, 3.8) is 0 Å². The van der Waals surface area contributed by atoms with Gasteiger partial charge in [0.1, 0.15) is 5.82 Å². The fourth-order valence-electron chi connectivity index (χ4n) is 2.48. The van der Waals surface area contributed by atoms with Crippen LogP contribution < -0.4 is 10.6 Å². The molecule has 0 aliphatic rings. The summed E-state index contributed by atoms with van der Waals surface area (Å²) < 4.78 is 0. The summed E-state index contributed by atoms with van der Waals surface area (Å²) in [6.45, 7) is 2.17. The average molecular weight is 414 g/mol. The minimum atomic E-state index is -0.397. The number of rotatable bonds is 5. The molecule has 0 aliphatic carbocycles. The van der Waals surface area contributed by atoms with Gasteiger partial charge in [-0.2, -0.15) is 0 Å². The average Bonchev–Trinajstić information content (AvgIpc) is 2.69. The van der Waals surface area contributed by atoms with Crippen molar-refractivity contribution >= 4 is 40.8 Å². The van der Waals surface area contributed by atoms with E-state index < -0.39 is 6.03 Å². The van der Waals surface area contributed by atoms with Crippen LogP contribution in [0.4, 0.5) is 10.6 Å². The molecule has 3 N–H and O–H groups in total. The Morgan fingerprint density at radius 1 is 1.04 bits per heavy atom. The van der Waals surface area contributed by atoms with E-state index in [1.165, 1.54) is 0 Å². The maximum atomic E-state index is 12.0. The molecule has 1 aromatic carbocycles. The van der Waals surface area contributed by atoms with Gasteiger partial charge in [-0.15, -0.1) is 0 Å². The fraction of sp³-hybridized carbons (Fsp3) is 0.100. The van der Waals surface area contributed by atoms with Crippen LogP contribution in [-0.4, -0.2) is 21.7 Å². The highest BCUT2D eigenvalue weighted by Gasteiger charge is 2.08. The number of hydrogen-bond acceptors (Lipinski definition) is 4. The summed E-state index contributed by atoms with van der Waals surface area (Å²) >= 11 is 11.8. The van der Waals surface area contributed by atoms with Crippen LogP contribution in [0.25, 0.3) is 0 Å². The second-order valence-electron chi connectivity index (χ2n) is 6.05. The molecule has 0 spiro atoms. The number of nitrogens with zero attached hydrogens (tertiary/aromatic N) is 2. The SMILES string of the molecule is Cc1cc(C(=N)c2ccc(NC(=O)NCc3ccc(Cl)c(Cl)c3)nc2)ccn1. The van der Waals surface area contributed by atoms with Gasteiger partial charge in [-0.05, 0) is 48.9 Å². The molecule has 0 saturated heterocycles. The molecule has 2 aromatic heterocycles. The van der Waals surface area contributed by atoms with Gasteiger partial charge in [0.2, 0.25) is 0 Å². The lowest BCUT2D eigenvalue weighted by atomic mass is 10.0. The van der Waals surface area contributed by atoms with Crippen molar-refractivity contribution in [1.29, 1.82) is 5.41 Å². The number of hydrogen-bond donors (Lipinski definition) is 3. The minimum absolute atomic E-state index is 0.298. The maximum absolute atomic E-state index is 12.0. The number of amides is 2. The summed E-state index contributed by atoms with van der Waals surface area (Å²) in [6, 6.07) is 11.8. The maximum Gasteiger partial charge on any atom is 0.320 e. The molecule has 0 bridgehead atoms. The number of anilines is 1. The van der Waals surface area contributed by atoms with E-state index in [0.29, 0.717) is 33.7 Å². The van der Waals surface area contributed by atoms with Gasteiger partial charge in [0, 0.05) is 35.8 Å². The highest BCUT2D eigenvalue weighted by Crippen LogP contribution is 2.22. The van der Waals surface area contributed by atoms with Crippen LogP contribution in [-0.2, 0) is 6.54 Å². The van der Waals surface area contributed by atoms with Gasteiger partial charge < -0.3 is 5.32 Å². The number of aromatic nitrogens is 2. The summed E-state index contributed by atoms with van der Waals surface area (Å²) in [5, 5.41) is 14.6. The van der Waals surface area contributed by atoms with Crippen LogP contribution in [0.5, 0.6) is 0 Å². The summed E-state index contributed by atoms with van der Waals surface area (Å²) in [4.78, 5) is 20.4. The lowest BCUT2D eigenvalue weighted by molar-refractivity contribution is 0.251. The zero-order valence-electron chi connectivity index (χ0n) is 15.0. The minimum Gasteiger partial charge on any atom is -0.334 e. The molecule has 2 heterocycles. The Kier molecular flexibility index (Phi) is 6.23. The van der Waals surface area contributed by atoms with E-state index in [0.717, 1.165) is 16.8 Å². The normalized spacial score (nSPS) is 10.4. The van der Waals surface area contributed by atoms with E-state index in [1.807, 2.05) is 13.0 Å². The fourth-order valence-corrected chi connectivity index (χ4v) is 2.80. The van der Waals surface area contributed by atoms with Gasteiger partial charge in [0.15, 0.2) is 0 Å². The quantitative estimate of drug-likeness (QED) is 0.523. The van der Waals surface area contributed by atoms with Crippen molar-refractivity contribution in [2.45, 2.75) is 13.5 Å². The van der Waals surface area contributed by atoms with Crippen molar-refractivity contribution in [2.75, 3.05) is 5.32 Å². The third-order valence-corrected chi connectivity index (χ3v) is 4.66. The number of benzene rings is 1. The molecular weight excluding hydrogens is 397 g/mol. The molecule has 0 unspecified atom stereocenters. The van der Waals surface area contributed by atoms with Crippen LogP contribution in [0, 0.1) is 12.3 Å². The third-order valence-electron chi connectivity index (χ3n) is 3.92. The van der Waals surface area contributed by atoms with Crippen LogP contribution in [0.3, 0.4) is 0 Å². The summed E-state index contributed by atoms with van der Waals surface area (Å²) in [5.41, 5.74) is 3.41. The lowest BCUT2D eigenvalue weighted by Gasteiger charge is -2.09. The van der Waals surface area contributed by atoms with Gasteiger partial charge >= 0.3 is 6.03 Å². The molecule has 28 heavy (non-hydrogen) atoms. The zero-order valence-corrected chi connectivity index (χ0v) is 16.5. The first-order chi connectivity index (χ1) is 13.4. The second-order valence-corrected chi connectivity index (χ2v) is 6.86. The first-order valence-corrected chi connectivity index (χ1v) is 9.15. The van der Waals surface area contributed by atoms with E-state index >= 15 is 0 Å². The largest absolute Gasteiger partial charge is 0.334 e. The molecule has 8 heteroatoms. The number of nitrogens with one attached hydrogen (secondary N) is 3. The topological polar surface area (TPSA) is 90.8 Å². The van der Waals surface area contributed by atoms with Crippen LogP contribution in [0.1, 0.15) is 22.4 Å². The smallest absolute Gasteiger partial charge is 0.320 e. The highest BCUT2D eigenvalue weighted by atomic mass is 35.5. The van der Waals surface area contributed by atoms with Gasteiger partial charge in [-0.25, -0.2) is 9.78 Å². The molecule has 142 valence electrons. The molecule has 2 amide bonds. The van der Waals surface area contributed by atoms with Gasteiger partial charge in [0.25, 0.3) is 0 Å². The molecule has 0 fully saturated rings. The van der Waals surface area contributed by atoms with E-state index in [-0.39, 0.29) is 0 Å². The Morgan fingerprint density at radius 3 is 2.54 bits per heavy atom. The van der Waals surface area contributed by atoms with Gasteiger partial charge in [-0.3, -0.25) is 15.7 Å². The molecule has 6 nitrogen and oxygen atoms in total. The van der Waals surface area contributed by atoms with Crippen molar-refractivity contribution < 1.29 is 4.79 Å². The molecule has 0 radical (unpaired) electrons. The van der Waals surface area contributed by atoms with E-state index in [1.54, 1.807) is 48.8 Å². The Bertz CT molecular complexity index is 1020. The second kappa shape index (κ2) is 8.82. The lowest BCUT2D eigenvalue weighted by Crippen LogP contribution is -2.28. The summed E-state index contributed by atoms with van der Waals surface area (Å²) in [7, 11) is 0. The molecule has 0 atom stereocenters. The van der Waals surface area contributed by atoms with Gasteiger partial charge in [-0.1, -0.05) is 29.3 Å². The first kappa shape index (κ1) is 19.8. The Hall–Kier alpha value is -2.96. The monoisotopic (exact) mass is 413 g/mol. The highest BCUT2D eigenvalue weighted by molar-refractivity contribution is 6.42. The standard InChI is InChI=1S/C20H17Cl2N5O/c1-12-8-14(6-7-24-12)19(23)15-3-5-18(25-11-15)27-20(28)26-10-13-2-4-16(21)17(22)9-13/h2-9,11,23H,10H2,1H3,(H2,25,26,27,28). The summed E-state index contributed by atoms with van der Waals surface area (Å²) in [5.74, 6) is 0.383. The number of pyridine rings is 2. The summed E-state index contributed by atoms with van der Waals surface area (Å²) in [6.07, 6.45) is 3.22. The van der Waals surface area contributed by atoms with Crippen LogP contribution in [0.15, 0.2) is 54.9 Å². The zero-order chi connectivity index (χ0) is 20.1. The van der Waals surface area contributed by atoms with Crippen molar-refractivity contribution in [3.05, 3.63) is 87.3 Å².